The highest BCUT2D eigenvalue weighted by Gasteiger charge is 2.24. The van der Waals surface area contributed by atoms with E-state index in [0.29, 0.717) is 10.4 Å². The van der Waals surface area contributed by atoms with Crippen molar-refractivity contribution < 1.29 is 14.3 Å². The fourth-order valence-electron chi connectivity index (χ4n) is 2.15. The smallest absolute Gasteiger partial charge is 0.247 e. The van der Waals surface area contributed by atoms with Crippen molar-refractivity contribution >= 4 is 27.9 Å². The van der Waals surface area contributed by atoms with Gasteiger partial charge in [0.1, 0.15) is 5.76 Å². The molecule has 1 saturated heterocycles. The fraction of sp³-hybridized carbons (Fsp3) is 0.462. The molecule has 2 heterocycles. The van der Waals surface area contributed by atoms with E-state index in [-0.39, 0.29) is 18.6 Å². The molecule has 0 aromatic carbocycles. The van der Waals surface area contributed by atoms with Crippen LogP contribution < -0.4 is 0 Å². The maximum Gasteiger partial charge on any atom is 0.247 e. The number of carbonyl (C=O) groups is 1. The van der Waals surface area contributed by atoms with Crippen LogP contribution in [0.5, 0.6) is 0 Å². The predicted molar refractivity (Wildman–Crippen MR) is 71.9 cm³/mol. The minimum atomic E-state index is -0.0683. The number of carbonyl (C=O) groups excluding carboxylic acids is 1. The van der Waals surface area contributed by atoms with Crippen molar-refractivity contribution in [2.24, 2.45) is 0 Å². The largest absolute Gasteiger partial charge is 0.450 e. The molecule has 0 spiro atoms. The number of aliphatic hydroxyl groups is 1. The van der Waals surface area contributed by atoms with Crippen molar-refractivity contribution in [3.63, 3.8) is 0 Å². The quantitative estimate of drug-likeness (QED) is 0.872. The standard InChI is InChI=1S/C13H16BrNO3/c14-12-6-4-11(18-12)5-7-13(17)15-8-2-1-3-10(15)9-16/h4-7,10,16H,1-3,8-9H2/b7-5+. The molecular formula is C13H16BrNO3. The number of hydrogen-bond acceptors (Lipinski definition) is 3. The molecule has 1 fully saturated rings. The van der Waals surface area contributed by atoms with Crippen molar-refractivity contribution in [3.8, 4) is 0 Å². The lowest BCUT2D eigenvalue weighted by Gasteiger charge is -2.33. The number of nitrogens with zero attached hydrogens (tertiary/aromatic N) is 1. The first kappa shape index (κ1) is 13.4. The SMILES string of the molecule is O=C(/C=C/c1ccc(Br)o1)N1CCCCC1CO. The average Bonchev–Trinajstić information content (AvgIpc) is 2.81. The molecule has 0 radical (unpaired) electrons. The van der Waals surface area contributed by atoms with Crippen molar-refractivity contribution in [1.82, 2.24) is 4.90 Å². The molecule has 1 amide bonds. The summed E-state index contributed by atoms with van der Waals surface area (Å²) in [5.41, 5.74) is 0. The Morgan fingerprint density at radius 1 is 1.56 bits per heavy atom. The van der Waals surface area contributed by atoms with Crippen LogP contribution in [0.4, 0.5) is 0 Å². The van der Waals surface area contributed by atoms with Gasteiger partial charge in [0.2, 0.25) is 5.91 Å². The summed E-state index contributed by atoms with van der Waals surface area (Å²) in [6.07, 6.45) is 6.10. The molecule has 98 valence electrons. The first-order valence-electron chi connectivity index (χ1n) is 6.05. The molecule has 1 N–H and O–H groups in total. The van der Waals surface area contributed by atoms with E-state index >= 15 is 0 Å². The Morgan fingerprint density at radius 3 is 3.06 bits per heavy atom. The Kier molecular flexibility index (Phi) is 4.60. The third-order valence-corrected chi connectivity index (χ3v) is 3.53. The molecular weight excluding hydrogens is 298 g/mol. The molecule has 1 aliphatic heterocycles. The number of furan rings is 1. The highest BCUT2D eigenvalue weighted by Crippen LogP contribution is 2.18. The van der Waals surface area contributed by atoms with Crippen LogP contribution in [0, 0.1) is 0 Å². The number of piperidine rings is 1. The number of amides is 1. The lowest BCUT2D eigenvalue weighted by Crippen LogP contribution is -2.44. The highest BCUT2D eigenvalue weighted by molar-refractivity contribution is 9.10. The zero-order valence-electron chi connectivity index (χ0n) is 10.0. The lowest BCUT2D eigenvalue weighted by atomic mass is 10.0. The third kappa shape index (κ3) is 3.23. The number of aliphatic hydroxyl groups excluding tert-OH is 1. The van der Waals surface area contributed by atoms with Gasteiger partial charge in [-0.3, -0.25) is 4.79 Å². The molecule has 1 aromatic rings. The van der Waals surface area contributed by atoms with Crippen LogP contribution in [-0.4, -0.2) is 35.1 Å². The average molecular weight is 314 g/mol. The van der Waals surface area contributed by atoms with Crippen molar-refractivity contribution in [2.75, 3.05) is 13.2 Å². The van der Waals surface area contributed by atoms with Gasteiger partial charge in [-0.25, -0.2) is 0 Å². The van der Waals surface area contributed by atoms with Gasteiger partial charge in [-0.2, -0.15) is 0 Å². The van der Waals surface area contributed by atoms with Gasteiger partial charge in [-0.1, -0.05) is 0 Å². The third-order valence-electron chi connectivity index (χ3n) is 3.11. The first-order valence-corrected chi connectivity index (χ1v) is 6.85. The first-order chi connectivity index (χ1) is 8.70. The molecule has 0 saturated carbocycles. The molecule has 1 unspecified atom stereocenters. The van der Waals surface area contributed by atoms with Crippen LogP contribution in [0.2, 0.25) is 0 Å². The van der Waals surface area contributed by atoms with Gasteiger partial charge in [-0.05, 0) is 53.4 Å². The molecule has 0 bridgehead atoms. The van der Waals surface area contributed by atoms with Gasteiger partial charge in [0.25, 0.3) is 0 Å². The van der Waals surface area contributed by atoms with Gasteiger partial charge in [0, 0.05) is 12.6 Å². The summed E-state index contributed by atoms with van der Waals surface area (Å²) in [6.45, 7) is 0.752. The fourth-order valence-corrected chi connectivity index (χ4v) is 2.47. The van der Waals surface area contributed by atoms with Crippen LogP contribution in [0.3, 0.4) is 0 Å². The number of rotatable bonds is 3. The molecule has 1 atom stereocenters. The van der Waals surface area contributed by atoms with Crippen LogP contribution >= 0.6 is 15.9 Å². The van der Waals surface area contributed by atoms with Crippen LogP contribution in [0.1, 0.15) is 25.0 Å². The summed E-state index contributed by atoms with van der Waals surface area (Å²) < 4.78 is 5.92. The van der Waals surface area contributed by atoms with E-state index < -0.39 is 0 Å². The highest BCUT2D eigenvalue weighted by atomic mass is 79.9. The Balaban J connectivity index is 2.00. The van der Waals surface area contributed by atoms with E-state index in [1.54, 1.807) is 23.1 Å². The van der Waals surface area contributed by atoms with Gasteiger partial charge in [0.15, 0.2) is 4.67 Å². The Labute approximate surface area is 114 Å². The van der Waals surface area contributed by atoms with E-state index in [2.05, 4.69) is 15.9 Å². The number of likely N-dealkylation sites (tertiary alicyclic amines) is 1. The molecule has 0 aliphatic carbocycles. The normalized spacial score (nSPS) is 20.6. The summed E-state index contributed by atoms with van der Waals surface area (Å²) in [7, 11) is 0. The van der Waals surface area contributed by atoms with Crippen LogP contribution in [0.25, 0.3) is 6.08 Å². The molecule has 2 rings (SSSR count). The van der Waals surface area contributed by atoms with E-state index in [1.807, 2.05) is 0 Å². The Morgan fingerprint density at radius 2 is 2.39 bits per heavy atom. The van der Waals surface area contributed by atoms with E-state index in [4.69, 9.17) is 4.42 Å². The summed E-state index contributed by atoms with van der Waals surface area (Å²) in [6, 6.07) is 3.52. The van der Waals surface area contributed by atoms with Crippen LogP contribution in [0.15, 0.2) is 27.3 Å². The van der Waals surface area contributed by atoms with Crippen molar-refractivity contribution in [2.45, 2.75) is 25.3 Å². The maximum absolute atomic E-state index is 12.0. The summed E-state index contributed by atoms with van der Waals surface area (Å²) >= 11 is 3.21. The van der Waals surface area contributed by atoms with Crippen molar-refractivity contribution in [3.05, 3.63) is 28.6 Å². The lowest BCUT2D eigenvalue weighted by molar-refractivity contribution is -0.130. The second-order valence-electron chi connectivity index (χ2n) is 4.34. The molecule has 1 aliphatic rings. The van der Waals surface area contributed by atoms with Gasteiger partial charge >= 0.3 is 0 Å². The second-order valence-corrected chi connectivity index (χ2v) is 5.12. The minimum Gasteiger partial charge on any atom is -0.450 e. The van der Waals surface area contributed by atoms with E-state index in [1.165, 1.54) is 6.08 Å². The maximum atomic E-state index is 12.0. The van der Waals surface area contributed by atoms with Crippen LogP contribution in [-0.2, 0) is 4.79 Å². The summed E-state index contributed by atoms with van der Waals surface area (Å²) in [5, 5.41) is 9.26. The minimum absolute atomic E-state index is 0.0336. The van der Waals surface area contributed by atoms with E-state index in [9.17, 15) is 9.90 Å². The monoisotopic (exact) mass is 313 g/mol. The van der Waals surface area contributed by atoms with Gasteiger partial charge in [-0.15, -0.1) is 0 Å². The zero-order chi connectivity index (χ0) is 13.0. The molecule has 5 heteroatoms. The molecule has 4 nitrogen and oxygen atoms in total. The number of hydrogen-bond donors (Lipinski definition) is 1. The molecule has 18 heavy (non-hydrogen) atoms. The zero-order valence-corrected chi connectivity index (χ0v) is 11.6. The van der Waals surface area contributed by atoms with Gasteiger partial charge < -0.3 is 14.4 Å². The predicted octanol–water partition coefficient (Wildman–Crippen LogP) is 2.43. The number of halogens is 1. The Bertz CT molecular complexity index is 441. The topological polar surface area (TPSA) is 53.7 Å². The summed E-state index contributed by atoms with van der Waals surface area (Å²) in [5.74, 6) is 0.564. The van der Waals surface area contributed by atoms with Gasteiger partial charge in [0.05, 0.1) is 12.6 Å². The van der Waals surface area contributed by atoms with Crippen molar-refractivity contribution in [1.29, 1.82) is 0 Å². The Hall–Kier alpha value is -1.07. The van der Waals surface area contributed by atoms with E-state index in [0.717, 1.165) is 25.8 Å². The molecule has 1 aromatic heterocycles. The second kappa shape index (κ2) is 6.20. The summed E-state index contributed by atoms with van der Waals surface area (Å²) in [4.78, 5) is 13.8.